The summed E-state index contributed by atoms with van der Waals surface area (Å²) in [6, 6.07) is 23.2. The molecule has 162 valence electrons. The van der Waals surface area contributed by atoms with Gasteiger partial charge in [-0.1, -0.05) is 48.5 Å². The van der Waals surface area contributed by atoms with Crippen LogP contribution in [-0.2, 0) is 6.54 Å². The zero-order valence-corrected chi connectivity index (χ0v) is 18.4. The summed E-state index contributed by atoms with van der Waals surface area (Å²) in [6.45, 7) is 0.810. The molecule has 0 saturated heterocycles. The summed E-state index contributed by atoms with van der Waals surface area (Å²) in [5.74, 6) is -0.168. The molecule has 0 saturated carbocycles. The molecular formula is C26H26N4O2. The maximum Gasteiger partial charge on any atom is 0.251 e. The standard InChI is InChI=1S/C26H26N4O2/c1-27-25(31)19-12-13-21-22(15-19)29-26(32)23(21)24(18-9-5-4-6-10-18)28-20-11-7-8-17(14-20)16-30(2)3/h4-15,29,32H,16H2,1-3H3,(H,27,31). The van der Waals surface area contributed by atoms with Crippen molar-refractivity contribution in [3.05, 3.63) is 95.1 Å². The van der Waals surface area contributed by atoms with E-state index in [1.54, 1.807) is 19.2 Å². The first kappa shape index (κ1) is 21.3. The maximum atomic E-state index is 12.0. The number of carbonyl (C=O) groups excluding carboxylic acids is 1. The van der Waals surface area contributed by atoms with E-state index in [1.807, 2.05) is 62.6 Å². The van der Waals surface area contributed by atoms with Crippen molar-refractivity contribution in [2.45, 2.75) is 6.54 Å². The molecule has 0 aliphatic carbocycles. The highest BCUT2D eigenvalue weighted by atomic mass is 16.3. The highest BCUT2D eigenvalue weighted by Gasteiger charge is 2.19. The number of hydrogen-bond donors (Lipinski definition) is 3. The molecule has 0 radical (unpaired) electrons. The molecule has 0 aliphatic rings. The van der Waals surface area contributed by atoms with Crippen LogP contribution in [0.2, 0.25) is 0 Å². The highest BCUT2D eigenvalue weighted by Crippen LogP contribution is 2.32. The summed E-state index contributed by atoms with van der Waals surface area (Å²) in [5, 5.41) is 14.3. The SMILES string of the molecule is CNC(=O)c1ccc2c(C(=Nc3cccc(CN(C)C)c3)c3ccccc3)c(O)[nH]c2c1. The van der Waals surface area contributed by atoms with E-state index in [1.165, 1.54) is 0 Å². The number of fused-ring (bicyclic) bond motifs is 1. The summed E-state index contributed by atoms with van der Waals surface area (Å²) in [7, 11) is 5.65. The minimum Gasteiger partial charge on any atom is -0.494 e. The lowest BCUT2D eigenvalue weighted by molar-refractivity contribution is 0.0963. The van der Waals surface area contributed by atoms with Gasteiger partial charge in [-0.3, -0.25) is 4.79 Å². The van der Waals surface area contributed by atoms with Crippen molar-refractivity contribution >= 4 is 28.2 Å². The predicted octanol–water partition coefficient (Wildman–Crippen LogP) is 4.46. The first-order valence-corrected chi connectivity index (χ1v) is 10.4. The van der Waals surface area contributed by atoms with Crippen LogP contribution in [-0.4, -0.2) is 47.8 Å². The van der Waals surface area contributed by atoms with E-state index in [-0.39, 0.29) is 11.8 Å². The van der Waals surface area contributed by atoms with Gasteiger partial charge in [-0.2, -0.15) is 0 Å². The number of carbonyl (C=O) groups is 1. The van der Waals surface area contributed by atoms with Crippen molar-refractivity contribution in [1.82, 2.24) is 15.2 Å². The zero-order chi connectivity index (χ0) is 22.7. The van der Waals surface area contributed by atoms with Crippen LogP contribution in [0.25, 0.3) is 10.9 Å². The molecule has 6 nitrogen and oxygen atoms in total. The third kappa shape index (κ3) is 4.40. The number of benzene rings is 3. The molecule has 0 fully saturated rings. The predicted molar refractivity (Wildman–Crippen MR) is 129 cm³/mol. The van der Waals surface area contributed by atoms with Gasteiger partial charge in [-0.05, 0) is 43.9 Å². The number of nitrogens with one attached hydrogen (secondary N) is 2. The molecule has 1 heterocycles. The highest BCUT2D eigenvalue weighted by molar-refractivity contribution is 6.22. The maximum absolute atomic E-state index is 12.0. The molecule has 32 heavy (non-hydrogen) atoms. The van der Waals surface area contributed by atoms with Gasteiger partial charge in [0, 0.05) is 35.6 Å². The average molecular weight is 427 g/mol. The molecule has 0 spiro atoms. The first-order chi connectivity index (χ1) is 15.5. The number of nitrogens with zero attached hydrogens (tertiary/aromatic N) is 2. The number of aromatic nitrogens is 1. The van der Waals surface area contributed by atoms with Crippen LogP contribution in [0.3, 0.4) is 0 Å². The normalized spacial score (nSPS) is 11.8. The van der Waals surface area contributed by atoms with Crippen LogP contribution in [0, 0.1) is 0 Å². The average Bonchev–Trinajstić information content (AvgIpc) is 3.12. The third-order valence-electron chi connectivity index (χ3n) is 5.20. The topological polar surface area (TPSA) is 80.7 Å². The van der Waals surface area contributed by atoms with E-state index in [0.29, 0.717) is 22.4 Å². The third-order valence-corrected chi connectivity index (χ3v) is 5.20. The van der Waals surface area contributed by atoms with Gasteiger partial charge in [0.15, 0.2) is 5.88 Å². The Balaban J connectivity index is 1.89. The molecule has 4 rings (SSSR count). The molecule has 1 aromatic heterocycles. The quantitative estimate of drug-likeness (QED) is 0.398. The van der Waals surface area contributed by atoms with Crippen LogP contribution < -0.4 is 5.32 Å². The van der Waals surface area contributed by atoms with Gasteiger partial charge in [-0.25, -0.2) is 4.99 Å². The first-order valence-electron chi connectivity index (χ1n) is 10.4. The molecule has 0 bridgehead atoms. The molecule has 3 N–H and O–H groups in total. The lowest BCUT2D eigenvalue weighted by atomic mass is 10.00. The van der Waals surface area contributed by atoms with E-state index in [0.717, 1.165) is 28.7 Å². The molecule has 4 aromatic rings. The van der Waals surface area contributed by atoms with E-state index < -0.39 is 0 Å². The van der Waals surface area contributed by atoms with Gasteiger partial charge in [0.1, 0.15) is 0 Å². The van der Waals surface area contributed by atoms with Crippen molar-refractivity contribution in [3.63, 3.8) is 0 Å². The summed E-state index contributed by atoms with van der Waals surface area (Å²) in [5.41, 5.74) is 5.29. The van der Waals surface area contributed by atoms with E-state index >= 15 is 0 Å². The van der Waals surface area contributed by atoms with Gasteiger partial charge in [0.25, 0.3) is 5.91 Å². The Morgan fingerprint density at radius 1 is 1.00 bits per heavy atom. The van der Waals surface area contributed by atoms with Crippen molar-refractivity contribution in [2.75, 3.05) is 21.1 Å². The number of rotatable bonds is 6. The zero-order valence-electron chi connectivity index (χ0n) is 18.4. The van der Waals surface area contributed by atoms with E-state index in [9.17, 15) is 9.90 Å². The monoisotopic (exact) mass is 426 g/mol. The number of aromatic amines is 1. The van der Waals surface area contributed by atoms with Crippen LogP contribution in [0.15, 0.2) is 77.8 Å². The Morgan fingerprint density at radius 2 is 1.78 bits per heavy atom. The molecule has 0 aliphatic heterocycles. The van der Waals surface area contributed by atoms with Gasteiger partial charge in [0.05, 0.1) is 17.0 Å². The fourth-order valence-electron chi connectivity index (χ4n) is 3.79. The van der Waals surface area contributed by atoms with Gasteiger partial charge in [0.2, 0.25) is 0 Å². The second-order valence-corrected chi connectivity index (χ2v) is 7.92. The lowest BCUT2D eigenvalue weighted by Crippen LogP contribution is -2.17. The van der Waals surface area contributed by atoms with Crippen molar-refractivity contribution in [2.24, 2.45) is 4.99 Å². The fraction of sp³-hybridized carbons (Fsp3) is 0.154. The summed E-state index contributed by atoms with van der Waals surface area (Å²) < 4.78 is 0. The number of H-pyrrole nitrogens is 1. The van der Waals surface area contributed by atoms with Crippen LogP contribution >= 0.6 is 0 Å². The van der Waals surface area contributed by atoms with Gasteiger partial charge >= 0.3 is 0 Å². The van der Waals surface area contributed by atoms with Crippen molar-refractivity contribution in [1.29, 1.82) is 0 Å². The number of hydrogen-bond acceptors (Lipinski definition) is 4. The van der Waals surface area contributed by atoms with Crippen LogP contribution in [0.4, 0.5) is 5.69 Å². The van der Waals surface area contributed by atoms with Crippen molar-refractivity contribution in [3.8, 4) is 5.88 Å². The minimum absolute atomic E-state index is 0.0149. The van der Waals surface area contributed by atoms with Crippen LogP contribution in [0.5, 0.6) is 5.88 Å². The lowest BCUT2D eigenvalue weighted by Gasteiger charge is -2.11. The van der Waals surface area contributed by atoms with E-state index in [2.05, 4.69) is 27.3 Å². The molecule has 3 aromatic carbocycles. The molecular weight excluding hydrogens is 400 g/mol. The van der Waals surface area contributed by atoms with Gasteiger partial charge in [-0.15, -0.1) is 0 Å². The largest absolute Gasteiger partial charge is 0.494 e. The Morgan fingerprint density at radius 3 is 2.50 bits per heavy atom. The molecule has 1 amide bonds. The molecule has 6 heteroatoms. The smallest absolute Gasteiger partial charge is 0.251 e. The number of amides is 1. The van der Waals surface area contributed by atoms with Crippen molar-refractivity contribution < 1.29 is 9.90 Å². The summed E-state index contributed by atoms with van der Waals surface area (Å²) in [4.78, 5) is 22.1. The summed E-state index contributed by atoms with van der Waals surface area (Å²) >= 11 is 0. The minimum atomic E-state index is -0.183. The van der Waals surface area contributed by atoms with Crippen LogP contribution in [0.1, 0.15) is 27.0 Å². The second-order valence-electron chi connectivity index (χ2n) is 7.92. The summed E-state index contributed by atoms with van der Waals surface area (Å²) in [6.07, 6.45) is 0. The Hall–Kier alpha value is -3.90. The Kier molecular flexibility index (Phi) is 6.05. The fourth-order valence-corrected chi connectivity index (χ4v) is 3.79. The number of aromatic hydroxyl groups is 1. The van der Waals surface area contributed by atoms with E-state index in [4.69, 9.17) is 4.99 Å². The molecule has 0 atom stereocenters. The molecule has 0 unspecified atom stereocenters. The van der Waals surface area contributed by atoms with Gasteiger partial charge < -0.3 is 20.3 Å². The Labute approximate surface area is 187 Å². The second kappa shape index (κ2) is 9.08. The Bertz CT molecular complexity index is 1290. The number of aliphatic imine (C=N–C) groups is 1.